The molecule has 1 saturated heterocycles. The summed E-state index contributed by atoms with van der Waals surface area (Å²) in [6.45, 7) is 5.74. The van der Waals surface area contributed by atoms with Gasteiger partial charge in [-0.25, -0.2) is 0 Å². The minimum absolute atomic E-state index is 0.0548. The van der Waals surface area contributed by atoms with Crippen molar-refractivity contribution in [1.29, 1.82) is 0 Å². The molecule has 4 rings (SSSR count). The Morgan fingerprint density at radius 1 is 1.15 bits per heavy atom. The number of aryl methyl sites for hydroxylation is 2. The van der Waals surface area contributed by atoms with Gasteiger partial charge >= 0.3 is 0 Å². The Labute approximate surface area is 158 Å². The summed E-state index contributed by atoms with van der Waals surface area (Å²) in [4.78, 5) is 32.2. The predicted molar refractivity (Wildman–Crippen MR) is 103 cm³/mol. The van der Waals surface area contributed by atoms with E-state index in [4.69, 9.17) is 0 Å². The van der Waals surface area contributed by atoms with Crippen molar-refractivity contribution >= 4 is 28.9 Å². The highest BCUT2D eigenvalue weighted by Gasteiger charge is 2.34. The SMILES string of the molecule is Cc1nn(C)c2c1N(C(=O)CN1CCN(C)CC1)c1ccccc1NC2=O. The molecule has 1 aromatic carbocycles. The van der Waals surface area contributed by atoms with Crippen LogP contribution in [0, 0.1) is 6.92 Å². The lowest BCUT2D eigenvalue weighted by Gasteiger charge is -2.33. The summed E-state index contributed by atoms with van der Waals surface area (Å²) in [6, 6.07) is 7.40. The Kier molecular flexibility index (Phi) is 4.45. The number of amides is 2. The van der Waals surface area contributed by atoms with E-state index in [1.807, 2.05) is 31.2 Å². The first kappa shape index (κ1) is 17.7. The lowest BCUT2D eigenvalue weighted by Crippen LogP contribution is -2.48. The number of aromatic nitrogens is 2. The number of likely N-dealkylation sites (N-methyl/N-ethyl adjacent to an activating group) is 1. The van der Waals surface area contributed by atoms with Gasteiger partial charge in [-0.2, -0.15) is 5.10 Å². The van der Waals surface area contributed by atoms with Crippen molar-refractivity contribution in [3.63, 3.8) is 0 Å². The van der Waals surface area contributed by atoms with Gasteiger partial charge in [-0.3, -0.25) is 24.1 Å². The molecule has 2 aromatic rings. The fourth-order valence-corrected chi connectivity index (χ4v) is 3.77. The average Bonchev–Trinajstić information content (AvgIpc) is 2.84. The van der Waals surface area contributed by atoms with Crippen LogP contribution in [-0.4, -0.2) is 71.2 Å². The number of benzene rings is 1. The Balaban J connectivity index is 1.75. The van der Waals surface area contributed by atoms with Gasteiger partial charge in [-0.1, -0.05) is 12.1 Å². The molecule has 0 saturated carbocycles. The molecule has 0 atom stereocenters. The Morgan fingerprint density at radius 2 is 1.85 bits per heavy atom. The van der Waals surface area contributed by atoms with Gasteiger partial charge in [0.05, 0.1) is 23.6 Å². The van der Waals surface area contributed by atoms with E-state index in [2.05, 4.69) is 27.3 Å². The summed E-state index contributed by atoms with van der Waals surface area (Å²) in [7, 11) is 3.82. The molecule has 142 valence electrons. The van der Waals surface area contributed by atoms with Gasteiger partial charge in [-0.15, -0.1) is 0 Å². The number of nitrogens with one attached hydrogen (secondary N) is 1. The zero-order chi connectivity index (χ0) is 19.1. The van der Waals surface area contributed by atoms with E-state index in [0.29, 0.717) is 35.0 Å². The van der Waals surface area contributed by atoms with Crippen LogP contribution < -0.4 is 10.2 Å². The van der Waals surface area contributed by atoms with E-state index in [0.717, 1.165) is 26.2 Å². The number of fused-ring (bicyclic) bond motifs is 2. The standard InChI is InChI=1S/C19H24N6O2/c1-13-17-18(23(3)21-13)19(27)20-14-6-4-5-7-15(14)25(17)16(26)12-24-10-8-22(2)9-11-24/h4-7H,8-12H2,1-3H3,(H,20,27). The molecule has 1 aromatic heterocycles. The number of para-hydroxylation sites is 2. The largest absolute Gasteiger partial charge is 0.319 e. The number of carbonyl (C=O) groups is 2. The van der Waals surface area contributed by atoms with E-state index in [9.17, 15) is 9.59 Å². The molecule has 0 unspecified atom stereocenters. The fourth-order valence-electron chi connectivity index (χ4n) is 3.77. The number of piperazine rings is 1. The van der Waals surface area contributed by atoms with Crippen molar-refractivity contribution in [2.75, 3.05) is 50.0 Å². The summed E-state index contributed by atoms with van der Waals surface area (Å²) in [5, 5.41) is 7.30. The average molecular weight is 368 g/mol. The van der Waals surface area contributed by atoms with E-state index >= 15 is 0 Å². The van der Waals surface area contributed by atoms with Crippen LogP contribution in [0.4, 0.5) is 17.1 Å². The monoisotopic (exact) mass is 368 g/mol. The third kappa shape index (κ3) is 3.11. The molecule has 2 aliphatic heterocycles. The second-order valence-corrected chi connectivity index (χ2v) is 7.19. The second kappa shape index (κ2) is 6.79. The molecule has 2 aliphatic rings. The van der Waals surface area contributed by atoms with Crippen LogP contribution in [0.15, 0.2) is 24.3 Å². The molecule has 2 amide bonds. The maximum atomic E-state index is 13.4. The number of hydrogen-bond acceptors (Lipinski definition) is 5. The van der Waals surface area contributed by atoms with Crippen molar-refractivity contribution in [1.82, 2.24) is 19.6 Å². The summed E-state index contributed by atoms with van der Waals surface area (Å²) in [5.74, 6) is -0.309. The van der Waals surface area contributed by atoms with Gasteiger partial charge in [0.2, 0.25) is 5.91 Å². The van der Waals surface area contributed by atoms with E-state index in [1.54, 1.807) is 16.6 Å². The quantitative estimate of drug-likeness (QED) is 0.862. The normalized spacial score (nSPS) is 17.9. The van der Waals surface area contributed by atoms with Crippen molar-refractivity contribution in [2.45, 2.75) is 6.92 Å². The van der Waals surface area contributed by atoms with Crippen molar-refractivity contribution < 1.29 is 9.59 Å². The topological polar surface area (TPSA) is 73.7 Å². The Bertz CT molecular complexity index is 898. The minimum Gasteiger partial charge on any atom is -0.319 e. The van der Waals surface area contributed by atoms with Crippen LogP contribution in [0.3, 0.4) is 0 Å². The molecule has 8 nitrogen and oxygen atoms in total. The maximum Gasteiger partial charge on any atom is 0.276 e. The van der Waals surface area contributed by atoms with Gasteiger partial charge in [-0.05, 0) is 26.1 Å². The molecule has 27 heavy (non-hydrogen) atoms. The van der Waals surface area contributed by atoms with E-state index in [-0.39, 0.29) is 11.8 Å². The smallest absolute Gasteiger partial charge is 0.276 e. The molecule has 0 aliphatic carbocycles. The van der Waals surface area contributed by atoms with Gasteiger partial charge in [0.15, 0.2) is 5.69 Å². The summed E-state index contributed by atoms with van der Waals surface area (Å²) in [5.41, 5.74) is 2.94. The van der Waals surface area contributed by atoms with E-state index < -0.39 is 0 Å². The van der Waals surface area contributed by atoms with E-state index in [1.165, 1.54) is 0 Å². The van der Waals surface area contributed by atoms with Crippen LogP contribution in [0.5, 0.6) is 0 Å². The summed E-state index contributed by atoms with van der Waals surface area (Å²) < 4.78 is 1.54. The van der Waals surface area contributed by atoms with Crippen LogP contribution in [-0.2, 0) is 11.8 Å². The Hall–Kier alpha value is -2.71. The molecular weight excluding hydrogens is 344 g/mol. The van der Waals surface area contributed by atoms with Gasteiger partial charge in [0.1, 0.15) is 5.69 Å². The van der Waals surface area contributed by atoms with Gasteiger partial charge in [0, 0.05) is 33.2 Å². The van der Waals surface area contributed by atoms with Gasteiger partial charge in [0.25, 0.3) is 5.91 Å². The van der Waals surface area contributed by atoms with Crippen molar-refractivity contribution in [2.24, 2.45) is 7.05 Å². The third-order valence-electron chi connectivity index (χ3n) is 5.23. The summed E-state index contributed by atoms with van der Waals surface area (Å²) in [6.07, 6.45) is 0. The molecule has 0 radical (unpaired) electrons. The molecular formula is C19H24N6O2. The molecule has 1 fully saturated rings. The van der Waals surface area contributed by atoms with Crippen LogP contribution in [0.2, 0.25) is 0 Å². The van der Waals surface area contributed by atoms with Gasteiger partial charge < -0.3 is 10.2 Å². The van der Waals surface area contributed by atoms with Crippen molar-refractivity contribution in [3.05, 3.63) is 35.7 Å². The molecule has 1 N–H and O–H groups in total. The third-order valence-corrected chi connectivity index (χ3v) is 5.23. The fraction of sp³-hybridized carbons (Fsp3) is 0.421. The lowest BCUT2D eigenvalue weighted by molar-refractivity contribution is -0.119. The van der Waals surface area contributed by atoms with Crippen LogP contribution in [0.1, 0.15) is 16.2 Å². The number of anilines is 3. The van der Waals surface area contributed by atoms with Crippen molar-refractivity contribution in [3.8, 4) is 0 Å². The lowest BCUT2D eigenvalue weighted by atomic mass is 10.2. The van der Waals surface area contributed by atoms with Crippen LogP contribution >= 0.6 is 0 Å². The zero-order valence-corrected chi connectivity index (χ0v) is 15.9. The summed E-state index contributed by atoms with van der Waals surface area (Å²) >= 11 is 0. The number of hydrogen-bond donors (Lipinski definition) is 1. The second-order valence-electron chi connectivity index (χ2n) is 7.19. The molecule has 0 spiro atoms. The highest BCUT2D eigenvalue weighted by Crippen LogP contribution is 2.39. The number of rotatable bonds is 2. The first-order valence-corrected chi connectivity index (χ1v) is 9.13. The minimum atomic E-state index is -0.254. The number of nitrogens with zero attached hydrogens (tertiary/aromatic N) is 5. The highest BCUT2D eigenvalue weighted by atomic mass is 16.2. The Morgan fingerprint density at radius 3 is 2.59 bits per heavy atom. The molecule has 3 heterocycles. The first-order chi connectivity index (χ1) is 13.0. The number of carbonyl (C=O) groups excluding carboxylic acids is 2. The zero-order valence-electron chi connectivity index (χ0n) is 15.9. The first-order valence-electron chi connectivity index (χ1n) is 9.13. The molecule has 0 bridgehead atoms. The van der Waals surface area contributed by atoms with Crippen LogP contribution in [0.25, 0.3) is 0 Å². The molecule has 8 heteroatoms. The maximum absolute atomic E-state index is 13.4. The highest BCUT2D eigenvalue weighted by molar-refractivity contribution is 6.17. The predicted octanol–water partition coefficient (Wildman–Crippen LogP) is 1.21.